The number of nitrogens with one attached hydrogen (secondary N) is 2. The Labute approximate surface area is 166 Å². The molecule has 2 heterocycles. The van der Waals surface area contributed by atoms with Gasteiger partial charge in [0.05, 0.1) is 12.6 Å². The monoisotopic (exact) mass is 385 g/mol. The van der Waals surface area contributed by atoms with Gasteiger partial charge in [-0.2, -0.15) is 0 Å². The van der Waals surface area contributed by atoms with E-state index in [4.69, 9.17) is 4.99 Å². The molecule has 0 aliphatic carbocycles. The largest absolute Gasteiger partial charge is 0.372 e. The van der Waals surface area contributed by atoms with E-state index >= 15 is 0 Å². The number of rotatable bonds is 7. The Kier molecular flexibility index (Phi) is 7.10. The lowest BCUT2D eigenvalue weighted by Gasteiger charge is -2.22. The van der Waals surface area contributed by atoms with Crippen molar-refractivity contribution in [2.24, 2.45) is 4.99 Å². The normalized spacial score (nSPS) is 15.8. The molecule has 3 rings (SSSR count). The molecule has 27 heavy (non-hydrogen) atoms. The van der Waals surface area contributed by atoms with Gasteiger partial charge < -0.3 is 15.5 Å². The van der Waals surface area contributed by atoms with Crippen LogP contribution in [0.4, 0.5) is 5.69 Å². The Morgan fingerprint density at radius 3 is 2.81 bits per heavy atom. The topological polar surface area (TPSA) is 52.6 Å². The molecule has 0 amide bonds. The summed E-state index contributed by atoms with van der Waals surface area (Å²) in [5, 5.41) is 7.95. The Balaban J connectivity index is 1.66. The van der Waals surface area contributed by atoms with Crippen molar-refractivity contribution in [3.8, 4) is 0 Å². The first-order valence-corrected chi connectivity index (χ1v) is 10.8. The van der Waals surface area contributed by atoms with E-state index in [2.05, 4.69) is 65.6 Å². The summed E-state index contributed by atoms with van der Waals surface area (Å²) >= 11 is 1.74. The minimum atomic E-state index is 0.188. The SMILES string of the molecule is CCNC(=NCc1ncc(CC)s1)NC(C)c1cccc(N2CCCC2)c1. The maximum Gasteiger partial charge on any atom is 0.192 e. The van der Waals surface area contributed by atoms with Crippen LogP contribution in [-0.2, 0) is 13.0 Å². The van der Waals surface area contributed by atoms with Crippen molar-refractivity contribution >= 4 is 23.0 Å². The van der Waals surface area contributed by atoms with Gasteiger partial charge in [0, 0.05) is 36.4 Å². The summed E-state index contributed by atoms with van der Waals surface area (Å²) in [7, 11) is 0. The molecule has 1 aliphatic rings. The number of aliphatic imine (C=N–C) groups is 1. The van der Waals surface area contributed by atoms with E-state index in [1.165, 1.54) is 42.1 Å². The second-order valence-corrected chi connectivity index (χ2v) is 8.12. The van der Waals surface area contributed by atoms with Crippen molar-refractivity contribution in [1.82, 2.24) is 15.6 Å². The Hall–Kier alpha value is -2.08. The molecule has 6 heteroatoms. The lowest BCUT2D eigenvalue weighted by Crippen LogP contribution is -2.38. The molecule has 1 aromatic carbocycles. The van der Waals surface area contributed by atoms with Crippen LogP contribution < -0.4 is 15.5 Å². The summed E-state index contributed by atoms with van der Waals surface area (Å²) in [4.78, 5) is 13.0. The first kappa shape index (κ1) is 19.7. The Bertz CT molecular complexity index is 749. The van der Waals surface area contributed by atoms with Crippen molar-refractivity contribution in [1.29, 1.82) is 0 Å². The molecular weight excluding hydrogens is 354 g/mol. The number of hydrogen-bond donors (Lipinski definition) is 2. The quantitative estimate of drug-likeness (QED) is 0.556. The van der Waals surface area contributed by atoms with E-state index in [9.17, 15) is 0 Å². The van der Waals surface area contributed by atoms with Crippen molar-refractivity contribution in [2.45, 2.75) is 52.6 Å². The lowest BCUT2D eigenvalue weighted by atomic mass is 10.1. The molecular formula is C21H31N5S. The molecule has 2 aromatic rings. The van der Waals surface area contributed by atoms with Crippen LogP contribution in [0.3, 0.4) is 0 Å². The zero-order valence-electron chi connectivity index (χ0n) is 16.7. The number of anilines is 1. The van der Waals surface area contributed by atoms with Crippen LogP contribution in [0.15, 0.2) is 35.5 Å². The number of nitrogens with zero attached hydrogens (tertiary/aromatic N) is 3. The maximum absolute atomic E-state index is 4.73. The number of thiazole rings is 1. The fourth-order valence-corrected chi connectivity index (χ4v) is 4.09. The summed E-state index contributed by atoms with van der Waals surface area (Å²) in [6, 6.07) is 9.06. The highest BCUT2D eigenvalue weighted by Gasteiger charge is 2.14. The van der Waals surface area contributed by atoms with Crippen molar-refractivity contribution in [3.63, 3.8) is 0 Å². The Morgan fingerprint density at radius 2 is 2.11 bits per heavy atom. The van der Waals surface area contributed by atoms with Crippen LogP contribution in [0, 0.1) is 0 Å². The molecule has 146 valence electrons. The van der Waals surface area contributed by atoms with Crippen LogP contribution in [0.25, 0.3) is 0 Å². The number of guanidine groups is 1. The minimum absolute atomic E-state index is 0.188. The minimum Gasteiger partial charge on any atom is -0.372 e. The third kappa shape index (κ3) is 5.45. The molecule has 1 saturated heterocycles. The lowest BCUT2D eigenvalue weighted by molar-refractivity contribution is 0.686. The first-order chi connectivity index (χ1) is 13.2. The van der Waals surface area contributed by atoms with Crippen LogP contribution in [0.5, 0.6) is 0 Å². The van der Waals surface area contributed by atoms with Gasteiger partial charge in [0.25, 0.3) is 0 Å². The van der Waals surface area contributed by atoms with E-state index in [-0.39, 0.29) is 6.04 Å². The van der Waals surface area contributed by atoms with Crippen molar-refractivity contribution < 1.29 is 0 Å². The van der Waals surface area contributed by atoms with Gasteiger partial charge in [-0.05, 0) is 50.8 Å². The van der Waals surface area contributed by atoms with Crippen LogP contribution in [0.1, 0.15) is 55.1 Å². The summed E-state index contributed by atoms with van der Waals surface area (Å²) in [6.07, 6.45) is 5.59. The molecule has 1 atom stereocenters. The molecule has 5 nitrogen and oxygen atoms in total. The van der Waals surface area contributed by atoms with E-state index in [1.54, 1.807) is 11.3 Å². The van der Waals surface area contributed by atoms with Gasteiger partial charge in [0.15, 0.2) is 5.96 Å². The van der Waals surface area contributed by atoms with Gasteiger partial charge >= 0.3 is 0 Å². The molecule has 0 radical (unpaired) electrons. The molecule has 1 aliphatic heterocycles. The van der Waals surface area contributed by atoms with Crippen LogP contribution in [0.2, 0.25) is 0 Å². The standard InChI is InChI=1S/C21H31N5S/c1-4-19-14-23-20(27-19)15-24-21(22-5-2)25-16(3)17-9-8-10-18(13-17)26-11-6-7-12-26/h8-10,13-14,16H,4-7,11-12,15H2,1-3H3,(H2,22,24,25). The Morgan fingerprint density at radius 1 is 1.30 bits per heavy atom. The predicted octanol–water partition coefficient (Wildman–Crippen LogP) is 4.12. The molecule has 1 fully saturated rings. The van der Waals surface area contributed by atoms with Crippen LogP contribution >= 0.6 is 11.3 Å². The number of hydrogen-bond acceptors (Lipinski definition) is 4. The zero-order chi connectivity index (χ0) is 19.1. The van der Waals surface area contributed by atoms with Gasteiger partial charge in [0.2, 0.25) is 0 Å². The highest BCUT2D eigenvalue weighted by Crippen LogP contribution is 2.24. The van der Waals surface area contributed by atoms with Gasteiger partial charge in [-0.3, -0.25) is 0 Å². The molecule has 1 unspecified atom stereocenters. The van der Waals surface area contributed by atoms with Gasteiger partial charge in [-0.15, -0.1) is 11.3 Å². The first-order valence-electron chi connectivity index (χ1n) is 10.0. The van der Waals surface area contributed by atoms with Crippen molar-refractivity contribution in [3.05, 3.63) is 45.9 Å². The third-order valence-corrected chi connectivity index (χ3v) is 5.99. The average Bonchev–Trinajstić information content (AvgIpc) is 3.38. The fourth-order valence-electron chi connectivity index (χ4n) is 3.31. The summed E-state index contributed by atoms with van der Waals surface area (Å²) < 4.78 is 0. The highest BCUT2D eigenvalue weighted by atomic mass is 32.1. The summed E-state index contributed by atoms with van der Waals surface area (Å²) in [5.41, 5.74) is 2.61. The second kappa shape index (κ2) is 9.74. The second-order valence-electron chi connectivity index (χ2n) is 6.92. The van der Waals surface area contributed by atoms with E-state index < -0.39 is 0 Å². The van der Waals surface area contributed by atoms with Gasteiger partial charge in [0.1, 0.15) is 5.01 Å². The van der Waals surface area contributed by atoms with Crippen molar-refractivity contribution in [2.75, 3.05) is 24.5 Å². The molecule has 1 aromatic heterocycles. The summed E-state index contributed by atoms with van der Waals surface area (Å²) in [5.74, 6) is 0.838. The summed E-state index contributed by atoms with van der Waals surface area (Å²) in [6.45, 7) is 10.2. The molecule has 0 saturated carbocycles. The smallest absolute Gasteiger partial charge is 0.192 e. The van der Waals surface area contributed by atoms with Crippen LogP contribution in [-0.4, -0.2) is 30.6 Å². The number of aromatic nitrogens is 1. The van der Waals surface area contributed by atoms with Gasteiger partial charge in [-0.25, -0.2) is 9.98 Å². The number of aryl methyl sites for hydroxylation is 1. The fraction of sp³-hybridized carbons (Fsp3) is 0.524. The van der Waals surface area contributed by atoms with E-state index in [0.29, 0.717) is 6.54 Å². The predicted molar refractivity (Wildman–Crippen MR) is 116 cm³/mol. The molecule has 0 bridgehead atoms. The van der Waals surface area contributed by atoms with E-state index in [0.717, 1.165) is 23.9 Å². The highest BCUT2D eigenvalue weighted by molar-refractivity contribution is 7.11. The van der Waals surface area contributed by atoms with Gasteiger partial charge in [-0.1, -0.05) is 19.1 Å². The molecule has 0 spiro atoms. The number of benzene rings is 1. The van der Waals surface area contributed by atoms with E-state index in [1.807, 2.05) is 6.20 Å². The molecule has 2 N–H and O–H groups in total. The maximum atomic E-state index is 4.73. The zero-order valence-corrected chi connectivity index (χ0v) is 17.5. The third-order valence-electron chi connectivity index (χ3n) is 4.86. The average molecular weight is 386 g/mol.